The molecule has 1 aromatic carbocycles. The number of benzene rings is 1. The average Bonchev–Trinajstić information content (AvgIpc) is 1.88. The second-order valence-electron chi connectivity index (χ2n) is 2.07. The Morgan fingerprint density at radius 2 is 2.00 bits per heavy atom. The summed E-state index contributed by atoms with van der Waals surface area (Å²) in [6.07, 6.45) is 0.340. The first-order chi connectivity index (χ1) is 4.72. The van der Waals surface area contributed by atoms with Gasteiger partial charge in [-0.2, -0.15) is 0 Å². The van der Waals surface area contributed by atoms with Gasteiger partial charge in [0.15, 0.2) is 0 Å². The van der Waals surface area contributed by atoms with Gasteiger partial charge in [0.2, 0.25) is 0 Å². The molecule has 0 fully saturated rings. The lowest BCUT2D eigenvalue weighted by molar-refractivity contribution is 0.340. The second-order valence-corrected chi connectivity index (χ2v) is 2.92. The molecule has 0 aliphatic heterocycles. The number of halogens is 1. The fourth-order valence-corrected chi connectivity index (χ4v) is 1.33. The maximum absolute atomic E-state index is 9.09. The van der Waals surface area contributed by atoms with Crippen LogP contribution in [0.15, 0.2) is 28.7 Å². The molecule has 0 bridgehead atoms. The highest BCUT2D eigenvalue weighted by Gasteiger charge is 2.03. The number of aliphatic hydroxyl groups excluding tert-OH is 1. The molecule has 0 amide bonds. The van der Waals surface area contributed by atoms with E-state index in [-0.39, 0.29) is 0 Å². The lowest BCUT2D eigenvalue weighted by atomic mass is 10.1. The summed E-state index contributed by atoms with van der Waals surface area (Å²) in [5, 5.41) is 9.09. The van der Waals surface area contributed by atoms with Crippen molar-refractivity contribution >= 4 is 15.9 Å². The van der Waals surface area contributed by atoms with Crippen LogP contribution < -0.4 is 0 Å². The van der Waals surface area contributed by atoms with Crippen LogP contribution in [0.1, 0.15) is 12.5 Å². The smallest absolute Gasteiger partial charge is 0.120 e. The largest absolute Gasteiger partial charge is 0.382 e. The Bertz CT molecular complexity index is 220. The zero-order valence-electron chi connectivity index (χ0n) is 5.63. The first-order valence-corrected chi connectivity index (χ1v) is 3.78. The number of rotatable bonds is 1. The van der Waals surface area contributed by atoms with Crippen molar-refractivity contribution in [1.82, 2.24) is 0 Å². The third-order valence-corrected chi connectivity index (χ3v) is 1.96. The molecule has 0 aliphatic carbocycles. The standard InChI is InChI=1S/C8H8BrO/c1-6(10)7-4-2-3-5-8(7)9/h2-5,10H,1H3. The summed E-state index contributed by atoms with van der Waals surface area (Å²) in [6, 6.07) is 7.56. The molecule has 53 valence electrons. The first kappa shape index (κ1) is 7.76. The van der Waals surface area contributed by atoms with E-state index in [1.807, 2.05) is 24.3 Å². The molecule has 1 N–H and O–H groups in total. The molecule has 0 unspecified atom stereocenters. The molecule has 1 radical (unpaired) electrons. The Morgan fingerprint density at radius 3 is 2.40 bits per heavy atom. The molecule has 10 heavy (non-hydrogen) atoms. The third kappa shape index (κ3) is 1.58. The van der Waals surface area contributed by atoms with Crippen molar-refractivity contribution < 1.29 is 5.11 Å². The van der Waals surface area contributed by atoms with Crippen molar-refractivity contribution in [3.05, 3.63) is 40.4 Å². The van der Waals surface area contributed by atoms with Crippen LogP contribution in [-0.2, 0) is 0 Å². The Balaban J connectivity index is 3.03. The predicted octanol–water partition coefficient (Wildman–Crippen LogP) is 2.72. The van der Waals surface area contributed by atoms with E-state index in [9.17, 15) is 0 Å². The van der Waals surface area contributed by atoms with Crippen LogP contribution in [-0.4, -0.2) is 5.11 Å². The van der Waals surface area contributed by atoms with E-state index in [1.54, 1.807) is 6.92 Å². The van der Waals surface area contributed by atoms with Crippen LogP contribution in [0, 0.1) is 6.10 Å². The van der Waals surface area contributed by atoms with Crippen molar-refractivity contribution in [2.45, 2.75) is 6.92 Å². The van der Waals surface area contributed by atoms with E-state index in [0.717, 1.165) is 10.0 Å². The van der Waals surface area contributed by atoms with E-state index in [0.29, 0.717) is 6.10 Å². The maximum Gasteiger partial charge on any atom is 0.120 e. The lowest BCUT2D eigenvalue weighted by Crippen LogP contribution is -1.91. The molecule has 1 aromatic rings. The van der Waals surface area contributed by atoms with Gasteiger partial charge in [0.1, 0.15) is 6.10 Å². The first-order valence-electron chi connectivity index (χ1n) is 2.99. The van der Waals surface area contributed by atoms with Crippen LogP contribution in [0.25, 0.3) is 0 Å². The molecule has 0 saturated carbocycles. The topological polar surface area (TPSA) is 20.2 Å². The zero-order valence-corrected chi connectivity index (χ0v) is 7.22. The van der Waals surface area contributed by atoms with Crippen LogP contribution in [0.5, 0.6) is 0 Å². The summed E-state index contributed by atoms with van der Waals surface area (Å²) >= 11 is 3.32. The van der Waals surface area contributed by atoms with E-state index in [2.05, 4.69) is 15.9 Å². The monoisotopic (exact) mass is 199 g/mol. The van der Waals surface area contributed by atoms with Crippen molar-refractivity contribution in [1.29, 1.82) is 0 Å². The van der Waals surface area contributed by atoms with Crippen LogP contribution in [0.2, 0.25) is 0 Å². The molecule has 0 aromatic heterocycles. The van der Waals surface area contributed by atoms with Gasteiger partial charge in [-0.15, -0.1) is 0 Å². The Morgan fingerprint density at radius 1 is 1.40 bits per heavy atom. The van der Waals surface area contributed by atoms with Crippen LogP contribution >= 0.6 is 15.9 Å². The van der Waals surface area contributed by atoms with Gasteiger partial charge in [0.05, 0.1) is 0 Å². The van der Waals surface area contributed by atoms with Gasteiger partial charge in [0.25, 0.3) is 0 Å². The number of hydrogen-bond donors (Lipinski definition) is 1. The number of aliphatic hydroxyl groups is 1. The molecule has 0 atom stereocenters. The average molecular weight is 200 g/mol. The second kappa shape index (κ2) is 3.17. The van der Waals surface area contributed by atoms with Crippen LogP contribution in [0.4, 0.5) is 0 Å². The van der Waals surface area contributed by atoms with Crippen molar-refractivity contribution in [2.75, 3.05) is 0 Å². The maximum atomic E-state index is 9.09. The minimum absolute atomic E-state index is 0.340. The van der Waals surface area contributed by atoms with Gasteiger partial charge >= 0.3 is 0 Å². The minimum Gasteiger partial charge on any atom is -0.382 e. The molecule has 0 spiro atoms. The van der Waals surface area contributed by atoms with Gasteiger partial charge < -0.3 is 5.11 Å². The summed E-state index contributed by atoms with van der Waals surface area (Å²) in [4.78, 5) is 0. The van der Waals surface area contributed by atoms with E-state index < -0.39 is 0 Å². The van der Waals surface area contributed by atoms with Crippen molar-refractivity contribution in [3.8, 4) is 0 Å². The van der Waals surface area contributed by atoms with Crippen molar-refractivity contribution in [3.63, 3.8) is 0 Å². The normalized spacial score (nSPS) is 10.4. The zero-order chi connectivity index (χ0) is 7.56. The SMILES string of the molecule is C[C](O)c1ccccc1Br. The summed E-state index contributed by atoms with van der Waals surface area (Å²) in [5.41, 5.74) is 0.850. The van der Waals surface area contributed by atoms with Gasteiger partial charge in [-0.05, 0) is 13.0 Å². The predicted molar refractivity (Wildman–Crippen MR) is 44.1 cm³/mol. The summed E-state index contributed by atoms with van der Waals surface area (Å²) < 4.78 is 0.926. The van der Waals surface area contributed by atoms with Gasteiger partial charge in [-0.3, -0.25) is 0 Å². The van der Waals surface area contributed by atoms with Gasteiger partial charge in [0, 0.05) is 10.0 Å². The Labute approximate surface area is 68.8 Å². The summed E-state index contributed by atoms with van der Waals surface area (Å²) in [6.45, 7) is 1.67. The molecule has 0 heterocycles. The summed E-state index contributed by atoms with van der Waals surface area (Å²) in [7, 11) is 0. The Hall–Kier alpha value is -0.340. The highest BCUT2D eigenvalue weighted by molar-refractivity contribution is 9.10. The van der Waals surface area contributed by atoms with E-state index >= 15 is 0 Å². The minimum atomic E-state index is 0.340. The fourth-order valence-electron chi connectivity index (χ4n) is 0.755. The number of hydrogen-bond acceptors (Lipinski definition) is 1. The van der Waals surface area contributed by atoms with Crippen LogP contribution in [0.3, 0.4) is 0 Å². The van der Waals surface area contributed by atoms with Gasteiger partial charge in [-0.1, -0.05) is 34.1 Å². The van der Waals surface area contributed by atoms with Crippen molar-refractivity contribution in [2.24, 2.45) is 0 Å². The molecule has 0 saturated heterocycles. The van der Waals surface area contributed by atoms with E-state index in [4.69, 9.17) is 5.11 Å². The fraction of sp³-hybridized carbons (Fsp3) is 0.125. The highest BCUT2D eigenvalue weighted by atomic mass is 79.9. The highest BCUT2D eigenvalue weighted by Crippen LogP contribution is 2.21. The Kier molecular flexibility index (Phi) is 2.46. The summed E-state index contributed by atoms with van der Waals surface area (Å²) in [5.74, 6) is 0. The molecule has 2 heteroatoms. The third-order valence-electron chi connectivity index (χ3n) is 1.26. The quantitative estimate of drug-likeness (QED) is 0.738. The molecular weight excluding hydrogens is 192 g/mol. The van der Waals surface area contributed by atoms with E-state index in [1.165, 1.54) is 0 Å². The molecule has 0 aliphatic rings. The lowest BCUT2D eigenvalue weighted by Gasteiger charge is -2.03. The van der Waals surface area contributed by atoms with Gasteiger partial charge in [-0.25, -0.2) is 0 Å². The molecular formula is C8H8BrO. The molecule has 1 nitrogen and oxygen atoms in total. The molecule has 1 rings (SSSR count).